The predicted molar refractivity (Wildman–Crippen MR) is 105 cm³/mol. The molecule has 26 heavy (non-hydrogen) atoms. The molecular weight excluding hydrogens is 328 g/mol. The Hall–Kier alpha value is -2.08. The zero-order valence-electron chi connectivity index (χ0n) is 16.3. The Morgan fingerprint density at radius 1 is 1.35 bits per heavy atom. The number of nitrogens with one attached hydrogen (secondary N) is 1. The van der Waals surface area contributed by atoms with Gasteiger partial charge in [0.25, 0.3) is 0 Å². The summed E-state index contributed by atoms with van der Waals surface area (Å²) in [7, 11) is 3.51. The topological polar surface area (TPSA) is 57.2 Å². The van der Waals surface area contributed by atoms with Crippen molar-refractivity contribution in [3.05, 3.63) is 35.9 Å². The third kappa shape index (κ3) is 6.67. The molecule has 1 heterocycles. The van der Waals surface area contributed by atoms with Gasteiger partial charge in [-0.25, -0.2) is 4.99 Å². The van der Waals surface area contributed by atoms with Crippen molar-refractivity contribution in [3.63, 3.8) is 0 Å². The number of ether oxygens (including phenoxy) is 1. The molecule has 6 heteroatoms. The molecule has 1 aliphatic rings. The molecule has 1 unspecified atom stereocenters. The number of amides is 1. The fraction of sp³-hybridized carbons (Fsp3) is 0.600. The van der Waals surface area contributed by atoms with Crippen LogP contribution in [-0.4, -0.2) is 68.5 Å². The van der Waals surface area contributed by atoms with Crippen molar-refractivity contribution in [2.75, 3.05) is 46.9 Å². The third-order valence-corrected chi connectivity index (χ3v) is 4.45. The van der Waals surface area contributed by atoms with E-state index in [2.05, 4.69) is 34.3 Å². The molecule has 1 aliphatic heterocycles. The van der Waals surface area contributed by atoms with Gasteiger partial charge in [-0.2, -0.15) is 0 Å². The molecule has 0 radical (unpaired) electrons. The van der Waals surface area contributed by atoms with Crippen molar-refractivity contribution >= 4 is 11.9 Å². The number of carbonyl (C=O) groups is 1. The Morgan fingerprint density at radius 3 is 2.81 bits per heavy atom. The average molecular weight is 361 g/mol. The summed E-state index contributed by atoms with van der Waals surface area (Å²) in [5, 5.41) is 3.37. The molecule has 1 fully saturated rings. The summed E-state index contributed by atoms with van der Waals surface area (Å²) >= 11 is 0. The highest BCUT2D eigenvalue weighted by Gasteiger charge is 2.25. The number of likely N-dealkylation sites (tertiary alicyclic amines) is 1. The molecule has 6 nitrogen and oxygen atoms in total. The van der Waals surface area contributed by atoms with E-state index in [1.165, 1.54) is 5.56 Å². The molecule has 0 saturated carbocycles. The number of rotatable bonds is 8. The van der Waals surface area contributed by atoms with E-state index < -0.39 is 0 Å². The predicted octanol–water partition coefficient (Wildman–Crippen LogP) is 1.97. The molecule has 1 N–H and O–H groups in total. The molecule has 1 aromatic rings. The normalized spacial score (nSPS) is 17.4. The van der Waals surface area contributed by atoms with Gasteiger partial charge in [-0.15, -0.1) is 0 Å². The highest BCUT2D eigenvalue weighted by molar-refractivity contribution is 5.85. The zero-order chi connectivity index (χ0) is 18.8. The van der Waals surface area contributed by atoms with Crippen LogP contribution >= 0.6 is 0 Å². The lowest BCUT2D eigenvalue weighted by atomic mass is 10.1. The van der Waals surface area contributed by atoms with Crippen LogP contribution in [0.4, 0.5) is 0 Å². The summed E-state index contributed by atoms with van der Waals surface area (Å²) in [4.78, 5) is 20.2. The van der Waals surface area contributed by atoms with Crippen LogP contribution in [0, 0.1) is 5.92 Å². The summed E-state index contributed by atoms with van der Waals surface area (Å²) in [6.45, 7) is 6.45. The van der Waals surface area contributed by atoms with Gasteiger partial charge in [0.1, 0.15) is 6.54 Å². The third-order valence-electron chi connectivity index (χ3n) is 4.45. The zero-order valence-corrected chi connectivity index (χ0v) is 16.3. The summed E-state index contributed by atoms with van der Waals surface area (Å²) in [6.07, 6.45) is 2.11. The fourth-order valence-corrected chi connectivity index (χ4v) is 2.87. The van der Waals surface area contributed by atoms with Gasteiger partial charge >= 0.3 is 0 Å². The maximum absolute atomic E-state index is 11.8. The Bertz CT molecular complexity index is 574. The second-order valence-corrected chi connectivity index (χ2v) is 6.96. The Labute approximate surface area is 157 Å². The first-order valence-corrected chi connectivity index (χ1v) is 9.45. The van der Waals surface area contributed by atoms with Gasteiger partial charge < -0.3 is 19.9 Å². The van der Waals surface area contributed by atoms with Crippen molar-refractivity contribution in [1.82, 2.24) is 15.1 Å². The minimum Gasteiger partial charge on any atom is -0.376 e. The molecule has 1 atom stereocenters. The Balaban J connectivity index is 1.82. The molecule has 2 rings (SSSR count). The van der Waals surface area contributed by atoms with E-state index in [-0.39, 0.29) is 12.5 Å². The average Bonchev–Trinajstić information content (AvgIpc) is 3.11. The monoisotopic (exact) mass is 360 g/mol. The molecular formula is C20H32N4O2. The number of guanidine groups is 1. The molecule has 0 bridgehead atoms. The maximum atomic E-state index is 11.8. The highest BCUT2D eigenvalue weighted by Crippen LogP contribution is 2.17. The Morgan fingerprint density at radius 2 is 2.12 bits per heavy atom. The molecule has 144 valence electrons. The molecule has 1 amide bonds. The lowest BCUT2D eigenvalue weighted by Gasteiger charge is -2.22. The van der Waals surface area contributed by atoms with Gasteiger partial charge in [-0.05, 0) is 18.4 Å². The van der Waals surface area contributed by atoms with E-state index in [1.54, 1.807) is 19.0 Å². The highest BCUT2D eigenvalue weighted by atomic mass is 16.5. The number of hydrogen-bond donors (Lipinski definition) is 1. The van der Waals surface area contributed by atoms with Gasteiger partial charge in [0, 0.05) is 39.6 Å². The van der Waals surface area contributed by atoms with Crippen molar-refractivity contribution < 1.29 is 9.53 Å². The fourth-order valence-electron chi connectivity index (χ4n) is 2.87. The Kier molecular flexibility index (Phi) is 8.41. The molecule has 0 aliphatic carbocycles. The van der Waals surface area contributed by atoms with Crippen LogP contribution in [-0.2, 0) is 16.1 Å². The van der Waals surface area contributed by atoms with Crippen molar-refractivity contribution in [3.8, 4) is 0 Å². The summed E-state index contributed by atoms with van der Waals surface area (Å²) in [5.74, 6) is 1.35. The van der Waals surface area contributed by atoms with Crippen LogP contribution in [0.15, 0.2) is 35.3 Å². The van der Waals surface area contributed by atoms with Gasteiger partial charge in [0.05, 0.1) is 13.2 Å². The lowest BCUT2D eigenvalue weighted by molar-refractivity contribution is -0.127. The number of carbonyl (C=O) groups excluding carboxylic acids is 1. The minimum absolute atomic E-state index is 0.0164. The van der Waals surface area contributed by atoms with Crippen molar-refractivity contribution in [2.45, 2.75) is 26.4 Å². The van der Waals surface area contributed by atoms with E-state index in [0.717, 1.165) is 45.0 Å². The van der Waals surface area contributed by atoms with E-state index >= 15 is 0 Å². The van der Waals surface area contributed by atoms with Crippen molar-refractivity contribution in [2.24, 2.45) is 10.9 Å². The van der Waals surface area contributed by atoms with Crippen LogP contribution < -0.4 is 5.32 Å². The largest absolute Gasteiger partial charge is 0.376 e. The quantitative estimate of drug-likeness (QED) is 0.569. The number of nitrogens with zero attached hydrogens (tertiary/aromatic N) is 3. The van der Waals surface area contributed by atoms with Crippen LogP contribution in [0.1, 0.15) is 25.3 Å². The van der Waals surface area contributed by atoms with Crippen LogP contribution in [0.3, 0.4) is 0 Å². The van der Waals surface area contributed by atoms with Crippen molar-refractivity contribution in [1.29, 1.82) is 0 Å². The SMILES string of the molecule is CCCNC(=NCC(=O)N(C)C)N1CCC(COCc2ccccc2)C1. The molecule has 0 spiro atoms. The first-order chi connectivity index (χ1) is 12.6. The molecule has 1 aromatic carbocycles. The van der Waals surface area contributed by atoms with Gasteiger partial charge in [-0.3, -0.25) is 4.79 Å². The minimum atomic E-state index is 0.0164. The first kappa shape index (κ1) is 20.2. The lowest BCUT2D eigenvalue weighted by Crippen LogP contribution is -2.41. The number of aliphatic imine (C=N–C) groups is 1. The number of benzene rings is 1. The van der Waals surface area contributed by atoms with E-state index in [0.29, 0.717) is 12.5 Å². The first-order valence-electron chi connectivity index (χ1n) is 9.45. The van der Waals surface area contributed by atoms with Gasteiger partial charge in [-0.1, -0.05) is 37.3 Å². The van der Waals surface area contributed by atoms with E-state index in [9.17, 15) is 4.79 Å². The van der Waals surface area contributed by atoms with Gasteiger partial charge in [0.2, 0.25) is 5.91 Å². The van der Waals surface area contributed by atoms with E-state index in [4.69, 9.17) is 4.74 Å². The summed E-state index contributed by atoms with van der Waals surface area (Å²) < 4.78 is 5.89. The second-order valence-electron chi connectivity index (χ2n) is 6.96. The van der Waals surface area contributed by atoms with Crippen LogP contribution in [0.25, 0.3) is 0 Å². The van der Waals surface area contributed by atoms with Crippen LogP contribution in [0.5, 0.6) is 0 Å². The maximum Gasteiger partial charge on any atom is 0.243 e. The molecule has 0 aromatic heterocycles. The van der Waals surface area contributed by atoms with Crippen LogP contribution in [0.2, 0.25) is 0 Å². The summed E-state index contributed by atoms with van der Waals surface area (Å²) in [5.41, 5.74) is 1.21. The smallest absolute Gasteiger partial charge is 0.243 e. The number of likely N-dealkylation sites (N-methyl/N-ethyl adjacent to an activating group) is 1. The standard InChI is InChI=1S/C20H32N4O2/c1-4-11-21-20(22-13-19(25)23(2)3)24-12-10-18(14-24)16-26-15-17-8-6-5-7-9-17/h5-9,18H,4,10-16H2,1-3H3,(H,21,22). The second kappa shape index (κ2) is 10.8. The van der Waals surface area contributed by atoms with Gasteiger partial charge in [0.15, 0.2) is 5.96 Å². The van der Waals surface area contributed by atoms with E-state index in [1.807, 2.05) is 18.2 Å². The molecule has 1 saturated heterocycles. The summed E-state index contributed by atoms with van der Waals surface area (Å²) in [6, 6.07) is 10.3. The number of hydrogen-bond acceptors (Lipinski definition) is 3.